The van der Waals surface area contributed by atoms with E-state index in [2.05, 4.69) is 58.8 Å². The Labute approximate surface area is 136 Å². The lowest BCUT2D eigenvalue weighted by Crippen LogP contribution is -2.27. The molecule has 0 unspecified atom stereocenters. The van der Waals surface area contributed by atoms with E-state index in [1.807, 2.05) is 0 Å². The first-order chi connectivity index (χ1) is 11.4. The molecule has 0 aliphatic heterocycles. The van der Waals surface area contributed by atoms with E-state index in [0.29, 0.717) is 12.6 Å². The highest BCUT2D eigenvalue weighted by Gasteiger charge is 2.23. The van der Waals surface area contributed by atoms with Gasteiger partial charge in [-0.25, -0.2) is 0 Å². The van der Waals surface area contributed by atoms with Crippen LogP contribution < -0.4 is 5.32 Å². The van der Waals surface area contributed by atoms with Gasteiger partial charge in [-0.15, -0.1) is 0 Å². The van der Waals surface area contributed by atoms with Gasteiger partial charge >= 0.3 is 0 Å². The molecule has 118 valence electrons. The molecule has 1 aliphatic carbocycles. The van der Waals surface area contributed by atoms with Crippen LogP contribution in [0.5, 0.6) is 0 Å². The van der Waals surface area contributed by atoms with Gasteiger partial charge in [-0.3, -0.25) is 0 Å². The molecule has 3 N–H and O–H groups in total. The number of rotatable bonds is 4. The van der Waals surface area contributed by atoms with Crippen molar-refractivity contribution >= 4 is 10.9 Å². The molecule has 1 aromatic heterocycles. The fraction of sp³-hybridized carbons (Fsp3) is 0.300. The summed E-state index contributed by atoms with van der Waals surface area (Å²) >= 11 is 0. The van der Waals surface area contributed by atoms with Crippen LogP contribution in [0.2, 0.25) is 0 Å². The maximum atomic E-state index is 9.07. The van der Waals surface area contributed by atoms with Crippen LogP contribution in [0.15, 0.2) is 48.5 Å². The van der Waals surface area contributed by atoms with Gasteiger partial charge in [0.05, 0.1) is 6.61 Å². The van der Waals surface area contributed by atoms with E-state index in [9.17, 15) is 0 Å². The number of aliphatic hydroxyl groups is 1. The third-order valence-corrected chi connectivity index (χ3v) is 4.82. The first-order valence-electron chi connectivity index (χ1n) is 8.41. The predicted octanol–water partition coefficient (Wildman–Crippen LogP) is 3.79. The molecular formula is C20H22N2O. The van der Waals surface area contributed by atoms with Gasteiger partial charge in [-0.2, -0.15) is 0 Å². The van der Waals surface area contributed by atoms with Gasteiger partial charge in [0, 0.05) is 29.2 Å². The normalized spacial score (nSPS) is 17.3. The number of H-pyrrole nitrogens is 1. The molecule has 23 heavy (non-hydrogen) atoms. The Morgan fingerprint density at radius 1 is 1.09 bits per heavy atom. The number of aromatic amines is 1. The molecule has 1 heterocycles. The molecule has 4 rings (SSSR count). The third kappa shape index (κ3) is 2.67. The van der Waals surface area contributed by atoms with Crippen molar-refractivity contribution in [1.29, 1.82) is 0 Å². The Morgan fingerprint density at radius 3 is 2.78 bits per heavy atom. The molecule has 1 aliphatic rings. The van der Waals surface area contributed by atoms with E-state index in [1.54, 1.807) is 0 Å². The minimum atomic E-state index is 0.185. The summed E-state index contributed by atoms with van der Waals surface area (Å²) in [5.74, 6) is 0. The zero-order chi connectivity index (χ0) is 15.6. The molecule has 1 atom stereocenters. The molecule has 2 aromatic carbocycles. The Balaban J connectivity index is 1.77. The van der Waals surface area contributed by atoms with Crippen molar-refractivity contribution in [1.82, 2.24) is 10.3 Å². The van der Waals surface area contributed by atoms with E-state index in [-0.39, 0.29) is 6.61 Å². The number of aromatic nitrogens is 1. The number of nitrogens with one attached hydrogen (secondary N) is 2. The summed E-state index contributed by atoms with van der Waals surface area (Å²) in [6.45, 7) is 0.832. The standard InChI is InChI=1S/C20H22N2O/c23-12-11-21-19-8-4-7-16-17-13-15(14-5-2-1-3-6-14)9-10-18(17)22-20(16)19/h1-3,5-6,9-10,13,19,21-23H,4,7-8,11-12H2/t19-/m1/s1. The summed E-state index contributed by atoms with van der Waals surface area (Å²) in [5.41, 5.74) is 6.50. The fourth-order valence-corrected chi connectivity index (χ4v) is 3.72. The summed E-state index contributed by atoms with van der Waals surface area (Å²) < 4.78 is 0. The van der Waals surface area contributed by atoms with Crippen LogP contribution in [0.25, 0.3) is 22.0 Å². The molecular weight excluding hydrogens is 284 g/mol. The third-order valence-electron chi connectivity index (χ3n) is 4.82. The van der Waals surface area contributed by atoms with Crippen LogP contribution in [-0.4, -0.2) is 23.2 Å². The second kappa shape index (κ2) is 6.19. The molecule has 3 heteroatoms. The Morgan fingerprint density at radius 2 is 1.96 bits per heavy atom. The van der Waals surface area contributed by atoms with Crippen LogP contribution in [0, 0.1) is 0 Å². The first-order valence-corrected chi connectivity index (χ1v) is 8.41. The Bertz CT molecular complexity index is 807. The smallest absolute Gasteiger partial charge is 0.0556 e. The summed E-state index contributed by atoms with van der Waals surface area (Å²) in [6, 6.07) is 17.6. The van der Waals surface area contributed by atoms with Crippen molar-refractivity contribution in [2.24, 2.45) is 0 Å². The van der Waals surface area contributed by atoms with E-state index in [4.69, 9.17) is 5.11 Å². The molecule has 0 spiro atoms. The maximum Gasteiger partial charge on any atom is 0.0556 e. The predicted molar refractivity (Wildman–Crippen MR) is 94.5 cm³/mol. The SMILES string of the molecule is OCCN[C@@H]1CCCc2c1[nH]c1ccc(-c3ccccc3)cc21. The summed E-state index contributed by atoms with van der Waals surface area (Å²) in [5, 5.41) is 13.9. The van der Waals surface area contributed by atoms with Gasteiger partial charge in [-0.05, 0) is 48.1 Å². The van der Waals surface area contributed by atoms with Crippen LogP contribution >= 0.6 is 0 Å². The van der Waals surface area contributed by atoms with Gasteiger partial charge in [0.1, 0.15) is 0 Å². The average molecular weight is 306 g/mol. The number of aryl methyl sites for hydroxylation is 1. The van der Waals surface area contributed by atoms with Crippen molar-refractivity contribution in [2.45, 2.75) is 25.3 Å². The monoisotopic (exact) mass is 306 g/mol. The summed E-state index contributed by atoms with van der Waals surface area (Å²) in [4.78, 5) is 3.61. The second-order valence-corrected chi connectivity index (χ2v) is 6.27. The number of aliphatic hydroxyl groups excluding tert-OH is 1. The number of fused-ring (bicyclic) bond motifs is 3. The molecule has 0 fully saturated rings. The molecule has 3 nitrogen and oxygen atoms in total. The highest BCUT2D eigenvalue weighted by molar-refractivity contribution is 5.89. The quantitative estimate of drug-likeness (QED) is 0.687. The van der Waals surface area contributed by atoms with Crippen molar-refractivity contribution in [2.75, 3.05) is 13.2 Å². The van der Waals surface area contributed by atoms with Crippen LogP contribution in [0.1, 0.15) is 30.1 Å². The van der Waals surface area contributed by atoms with Crippen molar-refractivity contribution in [3.63, 3.8) is 0 Å². The molecule has 0 saturated carbocycles. The Kier molecular flexibility index (Phi) is 3.90. The summed E-state index contributed by atoms with van der Waals surface area (Å²) in [7, 11) is 0. The van der Waals surface area contributed by atoms with Gasteiger partial charge in [0.15, 0.2) is 0 Å². The van der Waals surface area contributed by atoms with E-state index in [0.717, 1.165) is 12.8 Å². The highest BCUT2D eigenvalue weighted by Crippen LogP contribution is 2.36. The van der Waals surface area contributed by atoms with Gasteiger partial charge in [0.2, 0.25) is 0 Å². The highest BCUT2D eigenvalue weighted by atomic mass is 16.3. The van der Waals surface area contributed by atoms with E-state index in [1.165, 1.54) is 39.7 Å². The van der Waals surface area contributed by atoms with Crippen LogP contribution in [-0.2, 0) is 6.42 Å². The minimum Gasteiger partial charge on any atom is -0.395 e. The van der Waals surface area contributed by atoms with Crippen molar-refractivity contribution in [3.05, 3.63) is 59.8 Å². The lowest BCUT2D eigenvalue weighted by molar-refractivity contribution is 0.280. The number of hydrogen-bond acceptors (Lipinski definition) is 2. The largest absolute Gasteiger partial charge is 0.395 e. The van der Waals surface area contributed by atoms with E-state index >= 15 is 0 Å². The van der Waals surface area contributed by atoms with E-state index < -0.39 is 0 Å². The molecule has 0 bridgehead atoms. The van der Waals surface area contributed by atoms with Gasteiger partial charge in [0.25, 0.3) is 0 Å². The lowest BCUT2D eigenvalue weighted by atomic mass is 9.91. The first kappa shape index (κ1) is 14.5. The number of hydrogen-bond donors (Lipinski definition) is 3. The zero-order valence-corrected chi connectivity index (χ0v) is 13.2. The van der Waals surface area contributed by atoms with Gasteiger partial charge in [-0.1, -0.05) is 36.4 Å². The molecule has 0 saturated heterocycles. The Hall–Kier alpha value is -2.10. The molecule has 0 amide bonds. The summed E-state index contributed by atoms with van der Waals surface area (Å²) in [6.07, 6.45) is 3.45. The lowest BCUT2D eigenvalue weighted by Gasteiger charge is -2.23. The number of benzene rings is 2. The second-order valence-electron chi connectivity index (χ2n) is 6.27. The van der Waals surface area contributed by atoms with Crippen molar-refractivity contribution in [3.8, 4) is 11.1 Å². The van der Waals surface area contributed by atoms with Crippen LogP contribution in [0.3, 0.4) is 0 Å². The molecule has 0 radical (unpaired) electrons. The van der Waals surface area contributed by atoms with Crippen molar-refractivity contribution < 1.29 is 5.11 Å². The fourth-order valence-electron chi connectivity index (χ4n) is 3.72. The topological polar surface area (TPSA) is 48.0 Å². The maximum absolute atomic E-state index is 9.07. The zero-order valence-electron chi connectivity index (χ0n) is 13.2. The minimum absolute atomic E-state index is 0.185. The van der Waals surface area contributed by atoms with Crippen LogP contribution in [0.4, 0.5) is 0 Å². The average Bonchev–Trinajstić information content (AvgIpc) is 2.99. The molecule has 3 aromatic rings. The van der Waals surface area contributed by atoms with Gasteiger partial charge < -0.3 is 15.4 Å².